The number of unbranched alkanes of at least 4 members (excludes halogenated alkanes) is 3. The van der Waals surface area contributed by atoms with Crippen LogP contribution in [0.15, 0.2) is 21.8 Å². The molecule has 0 spiro atoms. The molecule has 0 aliphatic heterocycles. The minimum atomic E-state index is -2.08. The Morgan fingerprint density at radius 1 is 0.900 bits per heavy atom. The fourth-order valence-corrected chi connectivity index (χ4v) is 16.7. The molecule has 20 heavy (non-hydrogen) atoms. The van der Waals surface area contributed by atoms with Gasteiger partial charge in [-0.05, 0) is 0 Å². The molecule has 0 saturated heterocycles. The molecular weight excluding hydrogens is 351 g/mol. The third-order valence-corrected chi connectivity index (χ3v) is 18.3. The Hall–Kier alpha value is 0.239. The summed E-state index contributed by atoms with van der Waals surface area (Å²) in [5.41, 5.74) is 1.07. The molecule has 0 atom stereocenters. The number of aliphatic hydroxyl groups is 1. The van der Waals surface area contributed by atoms with Gasteiger partial charge in [0.1, 0.15) is 0 Å². The molecule has 0 amide bonds. The second kappa shape index (κ2) is 12.9. The van der Waals surface area contributed by atoms with Gasteiger partial charge in [-0.15, -0.1) is 0 Å². The van der Waals surface area contributed by atoms with Gasteiger partial charge in [0.15, 0.2) is 0 Å². The van der Waals surface area contributed by atoms with Crippen molar-refractivity contribution in [2.24, 2.45) is 0 Å². The number of allylic oxidation sites excluding steroid dienone is 2. The van der Waals surface area contributed by atoms with Crippen LogP contribution in [0, 0.1) is 0 Å². The van der Waals surface area contributed by atoms with Gasteiger partial charge in [0.2, 0.25) is 0 Å². The molecule has 0 bridgehead atoms. The second-order valence-corrected chi connectivity index (χ2v) is 19.2. The molecule has 0 aliphatic rings. The van der Waals surface area contributed by atoms with Gasteiger partial charge in [-0.3, -0.25) is 0 Å². The summed E-state index contributed by atoms with van der Waals surface area (Å²) in [5, 5.41) is 9.10. The molecule has 0 saturated carbocycles. The molecule has 0 heterocycles. The van der Waals surface area contributed by atoms with Crippen molar-refractivity contribution in [1.82, 2.24) is 0 Å². The normalized spacial score (nSPS) is 13.3. The fraction of sp³-hybridized carbons (Fsp3) is 0.778. The van der Waals surface area contributed by atoms with Crippen LogP contribution in [0.4, 0.5) is 0 Å². The topological polar surface area (TPSA) is 20.2 Å². The summed E-state index contributed by atoms with van der Waals surface area (Å²) < 4.78 is 7.21. The molecule has 0 aromatic heterocycles. The molecule has 0 aliphatic carbocycles. The maximum atomic E-state index is 9.10. The van der Waals surface area contributed by atoms with Crippen LogP contribution in [0.5, 0.6) is 0 Å². The number of hydrogen-bond acceptors (Lipinski definition) is 1. The van der Waals surface area contributed by atoms with Crippen molar-refractivity contribution in [3.8, 4) is 0 Å². The van der Waals surface area contributed by atoms with E-state index in [1.807, 2.05) is 6.92 Å². The van der Waals surface area contributed by atoms with Crippen molar-refractivity contribution in [1.29, 1.82) is 0 Å². The first-order chi connectivity index (χ1) is 9.64. The molecule has 118 valence electrons. The summed E-state index contributed by atoms with van der Waals surface area (Å²) in [4.78, 5) is 0. The molecular formula is C18H36OSn. The molecule has 0 unspecified atom stereocenters. The molecule has 2 heteroatoms. The first-order valence-electron chi connectivity index (χ1n) is 8.60. The van der Waals surface area contributed by atoms with E-state index < -0.39 is 18.4 Å². The Balaban J connectivity index is 4.91. The summed E-state index contributed by atoms with van der Waals surface area (Å²) in [6, 6.07) is 0. The summed E-state index contributed by atoms with van der Waals surface area (Å²) in [6.45, 7) is 9.14. The van der Waals surface area contributed by atoms with E-state index in [2.05, 4.69) is 37.0 Å². The molecule has 0 rings (SSSR count). The molecule has 0 fully saturated rings. The zero-order valence-electron chi connectivity index (χ0n) is 14.3. The van der Waals surface area contributed by atoms with Crippen molar-refractivity contribution < 1.29 is 5.11 Å². The Morgan fingerprint density at radius 3 is 1.70 bits per heavy atom. The molecule has 0 radical (unpaired) electrons. The van der Waals surface area contributed by atoms with Gasteiger partial charge in [0.05, 0.1) is 0 Å². The Morgan fingerprint density at radius 2 is 1.35 bits per heavy atom. The van der Waals surface area contributed by atoms with Gasteiger partial charge in [-0.25, -0.2) is 0 Å². The second-order valence-electron chi connectivity index (χ2n) is 6.20. The Kier molecular flexibility index (Phi) is 13.1. The average Bonchev–Trinajstić information content (AvgIpc) is 2.48. The van der Waals surface area contributed by atoms with E-state index in [-0.39, 0.29) is 6.61 Å². The Labute approximate surface area is 131 Å². The minimum absolute atomic E-state index is 0.186. The molecule has 0 aromatic rings. The van der Waals surface area contributed by atoms with Crippen LogP contribution < -0.4 is 0 Å². The average molecular weight is 387 g/mol. The first-order valence-corrected chi connectivity index (χ1v) is 16.3. The molecule has 0 aromatic carbocycles. The van der Waals surface area contributed by atoms with Gasteiger partial charge < -0.3 is 0 Å². The van der Waals surface area contributed by atoms with Crippen LogP contribution in [0.25, 0.3) is 0 Å². The predicted molar refractivity (Wildman–Crippen MR) is 94.9 cm³/mol. The molecule has 1 N–H and O–H groups in total. The van der Waals surface area contributed by atoms with Crippen LogP contribution in [-0.2, 0) is 0 Å². The summed E-state index contributed by atoms with van der Waals surface area (Å²) in [5.74, 6) is 0. The third kappa shape index (κ3) is 9.23. The summed E-state index contributed by atoms with van der Waals surface area (Å²) >= 11 is -2.08. The number of hydrogen-bond donors (Lipinski definition) is 1. The van der Waals surface area contributed by atoms with Crippen molar-refractivity contribution in [2.45, 2.75) is 79.5 Å². The zero-order chi connectivity index (χ0) is 15.3. The monoisotopic (exact) mass is 388 g/mol. The van der Waals surface area contributed by atoms with E-state index in [9.17, 15) is 0 Å². The zero-order valence-corrected chi connectivity index (χ0v) is 17.1. The van der Waals surface area contributed by atoms with Crippen LogP contribution >= 0.6 is 0 Å². The van der Waals surface area contributed by atoms with Crippen LogP contribution in [-0.4, -0.2) is 30.1 Å². The van der Waals surface area contributed by atoms with Crippen LogP contribution in [0.1, 0.15) is 66.2 Å². The van der Waals surface area contributed by atoms with Gasteiger partial charge in [0, 0.05) is 0 Å². The van der Waals surface area contributed by atoms with E-state index in [0.717, 1.165) is 5.57 Å². The number of rotatable bonds is 12. The maximum absolute atomic E-state index is 9.10. The standard InChI is InChI=1S/C6H9O.3C4H9.Sn/c1-3-4-6(2)5-7;3*1-3-4-2;/h1,3-4,7H,5H2,2H3;3*1,3-4H2,2H3;. The van der Waals surface area contributed by atoms with Crippen LogP contribution in [0.2, 0.25) is 13.3 Å². The summed E-state index contributed by atoms with van der Waals surface area (Å²) in [6.07, 6.45) is 12.6. The van der Waals surface area contributed by atoms with Crippen molar-refractivity contribution in [3.63, 3.8) is 0 Å². The summed E-state index contributed by atoms with van der Waals surface area (Å²) in [7, 11) is 0. The first kappa shape index (κ1) is 20.2. The van der Waals surface area contributed by atoms with E-state index in [4.69, 9.17) is 5.11 Å². The van der Waals surface area contributed by atoms with Crippen molar-refractivity contribution >= 4 is 18.4 Å². The predicted octanol–water partition coefficient (Wildman–Crippen LogP) is 5.87. The van der Waals surface area contributed by atoms with E-state index in [0.29, 0.717) is 0 Å². The van der Waals surface area contributed by atoms with E-state index in [1.54, 1.807) is 0 Å². The van der Waals surface area contributed by atoms with Gasteiger partial charge in [-0.1, -0.05) is 0 Å². The third-order valence-electron chi connectivity index (χ3n) is 4.16. The molecule has 1 nitrogen and oxygen atoms in total. The van der Waals surface area contributed by atoms with Crippen LogP contribution in [0.3, 0.4) is 0 Å². The van der Waals surface area contributed by atoms with Gasteiger partial charge in [-0.2, -0.15) is 0 Å². The van der Waals surface area contributed by atoms with Gasteiger partial charge >= 0.3 is 131 Å². The van der Waals surface area contributed by atoms with E-state index in [1.165, 1.54) is 51.8 Å². The van der Waals surface area contributed by atoms with Crippen molar-refractivity contribution in [2.75, 3.05) is 6.61 Å². The van der Waals surface area contributed by atoms with Crippen molar-refractivity contribution in [3.05, 3.63) is 21.8 Å². The number of aliphatic hydroxyl groups excluding tert-OH is 1. The fourth-order valence-electron chi connectivity index (χ4n) is 2.68. The quantitative estimate of drug-likeness (QED) is 0.328. The SMILES string of the molecule is CCC[CH2][Sn]([CH]=CC=C(C)CO)([CH2]CCC)[CH2]CCC. The van der Waals surface area contributed by atoms with E-state index >= 15 is 0 Å². The van der Waals surface area contributed by atoms with Gasteiger partial charge in [0.25, 0.3) is 0 Å². The Bertz CT molecular complexity index is 259.